The highest BCUT2D eigenvalue weighted by Crippen LogP contribution is 2.02. The highest BCUT2D eigenvalue weighted by Gasteiger charge is 2.21. The van der Waals surface area contributed by atoms with Gasteiger partial charge < -0.3 is 0 Å². The molecule has 8 heavy (non-hydrogen) atoms. The van der Waals surface area contributed by atoms with E-state index >= 15 is 0 Å². The van der Waals surface area contributed by atoms with Gasteiger partial charge in [-0.1, -0.05) is 4.48 Å². The van der Waals surface area contributed by atoms with Crippen molar-refractivity contribution in [2.45, 2.75) is 0 Å². The number of nitrogens with zero attached hydrogens (tertiary/aromatic N) is 3. The van der Waals surface area contributed by atoms with Gasteiger partial charge in [0, 0.05) is 0 Å². The Hall–Kier alpha value is -0.590. The van der Waals surface area contributed by atoms with E-state index in [0.29, 0.717) is 0 Å². The van der Waals surface area contributed by atoms with Gasteiger partial charge in [0.15, 0.2) is 0 Å². The maximum absolute atomic E-state index is 11.8. The Labute approximate surface area is 48.8 Å². The molecule has 1 heterocycles. The molecule has 7 heteroatoms. The highest BCUT2D eigenvalue weighted by atomic mass is 35.5. The van der Waals surface area contributed by atoms with Gasteiger partial charge in [-0.05, 0) is 11.6 Å². The van der Waals surface area contributed by atoms with Crippen LogP contribution in [0.3, 0.4) is 0 Å². The first kappa shape index (κ1) is 5.54. The van der Waals surface area contributed by atoms with E-state index in [-0.39, 0.29) is 15.8 Å². The quantitative estimate of drug-likeness (QED) is 0.362. The molecule has 0 unspecified atom stereocenters. The number of halogens is 2. The average molecular weight is 141 g/mol. The second-order valence-electron chi connectivity index (χ2n) is 1.03. The first-order valence-electron chi connectivity index (χ1n) is 1.65. The average Bonchev–Trinajstić information content (AvgIpc) is 1.98. The molecule has 46 valence electrons. The molecule has 0 atom stereocenters. The lowest BCUT2D eigenvalue weighted by atomic mass is 11.3. The van der Waals surface area contributed by atoms with Crippen LogP contribution in [-0.4, -0.2) is 21.0 Å². The van der Waals surface area contributed by atoms with Crippen LogP contribution in [0.25, 0.3) is 0 Å². The number of hydroxylamine groups is 1. The van der Waals surface area contributed by atoms with Gasteiger partial charge in [-0.15, -0.1) is 10.3 Å². The summed E-state index contributed by atoms with van der Waals surface area (Å²) < 4.78 is 11.8. The molecule has 0 radical (unpaired) electrons. The second-order valence-corrected chi connectivity index (χ2v) is 1.37. The number of hydrazine groups is 2. The number of hydrogen-bond donors (Lipinski definition) is 2. The number of rotatable bonds is 0. The molecule has 0 fully saturated rings. The van der Waals surface area contributed by atoms with Crippen molar-refractivity contribution in [3.63, 3.8) is 0 Å². The van der Waals surface area contributed by atoms with E-state index < -0.39 is 0 Å². The van der Waals surface area contributed by atoms with Crippen LogP contribution in [0.15, 0.2) is 5.10 Å². The first-order chi connectivity index (χ1) is 3.72. The van der Waals surface area contributed by atoms with E-state index in [2.05, 4.69) is 5.10 Å². The van der Waals surface area contributed by atoms with Crippen LogP contribution >= 0.6 is 11.6 Å². The lowest BCUT2D eigenvalue weighted by Crippen LogP contribution is -2.35. The molecule has 1 rings (SSSR count). The zero-order valence-corrected chi connectivity index (χ0v) is 4.30. The number of hydrazone groups is 1. The monoisotopic (exact) mass is 140 g/mol. The van der Waals surface area contributed by atoms with Crippen LogP contribution in [0.5, 0.6) is 0 Å². The van der Waals surface area contributed by atoms with Crippen molar-refractivity contribution >= 4 is 16.9 Å². The van der Waals surface area contributed by atoms with Crippen molar-refractivity contribution in [2.75, 3.05) is 0 Å². The van der Waals surface area contributed by atoms with Crippen molar-refractivity contribution in [3.05, 3.63) is 0 Å². The molecule has 1 aliphatic rings. The maximum atomic E-state index is 11.8. The van der Waals surface area contributed by atoms with E-state index in [0.717, 1.165) is 0 Å². The van der Waals surface area contributed by atoms with Crippen molar-refractivity contribution in [3.8, 4) is 0 Å². The summed E-state index contributed by atoms with van der Waals surface area (Å²) >= 11 is 5.04. The number of hydrogen-bond acceptors (Lipinski definition) is 5. The SMILES string of the molecule is ON1C(Cl)=NNN1F. The molecule has 2 N–H and O–H groups in total. The predicted molar refractivity (Wildman–Crippen MR) is 23.0 cm³/mol. The van der Waals surface area contributed by atoms with Crippen LogP contribution < -0.4 is 5.53 Å². The van der Waals surface area contributed by atoms with Crippen molar-refractivity contribution in [2.24, 2.45) is 5.10 Å². The van der Waals surface area contributed by atoms with Gasteiger partial charge in [-0.25, -0.2) is 0 Å². The first-order valence-corrected chi connectivity index (χ1v) is 2.03. The van der Waals surface area contributed by atoms with Crippen LogP contribution in [-0.2, 0) is 0 Å². The molecular weight excluding hydrogens is 138 g/mol. The summed E-state index contributed by atoms with van der Waals surface area (Å²) in [4.78, 5) is 0. The molecule has 0 amide bonds. The zero-order valence-electron chi connectivity index (χ0n) is 3.54. The normalized spacial score (nSPS) is 20.9. The standard InChI is InChI=1S/CH2ClFN4O/c2-1-4-5-7(3)6(1)8/h5,8H. The fourth-order valence-corrected chi connectivity index (χ4v) is 0.346. The Morgan fingerprint density at radius 1 is 1.88 bits per heavy atom. The highest BCUT2D eigenvalue weighted by molar-refractivity contribution is 6.64. The van der Waals surface area contributed by atoms with E-state index in [9.17, 15) is 4.48 Å². The van der Waals surface area contributed by atoms with E-state index in [4.69, 9.17) is 16.8 Å². The van der Waals surface area contributed by atoms with Gasteiger partial charge in [-0.2, -0.15) is 5.53 Å². The Bertz CT molecular complexity index is 127. The lowest BCUT2D eigenvalue weighted by Gasteiger charge is -2.08. The smallest absolute Gasteiger partial charge is 0.262 e. The van der Waals surface area contributed by atoms with Crippen molar-refractivity contribution in [1.29, 1.82) is 0 Å². The second kappa shape index (κ2) is 1.73. The van der Waals surface area contributed by atoms with Crippen LogP contribution in [0.4, 0.5) is 4.48 Å². The molecule has 0 saturated heterocycles. The van der Waals surface area contributed by atoms with Crippen molar-refractivity contribution in [1.82, 2.24) is 16.0 Å². The molecule has 5 nitrogen and oxygen atoms in total. The third-order valence-electron chi connectivity index (χ3n) is 0.556. The molecule has 0 spiro atoms. The Balaban J connectivity index is 2.59. The number of nitrogens with one attached hydrogen (secondary N) is 1. The molecule has 0 aromatic rings. The van der Waals surface area contributed by atoms with Gasteiger partial charge in [0.2, 0.25) is 0 Å². The number of amidine groups is 1. The summed E-state index contributed by atoms with van der Waals surface area (Å²) in [5.74, 6) is 0. The Kier molecular flexibility index (Phi) is 1.20. The predicted octanol–water partition coefficient (Wildman–Crippen LogP) is -0.193. The van der Waals surface area contributed by atoms with Crippen molar-refractivity contribution < 1.29 is 9.69 Å². The largest absolute Gasteiger partial charge is 0.267 e. The maximum Gasteiger partial charge on any atom is 0.262 e. The minimum absolute atomic E-state index is 0.0154. The summed E-state index contributed by atoms with van der Waals surface area (Å²) in [6.45, 7) is 0. The molecule has 1 aliphatic heterocycles. The topological polar surface area (TPSA) is 51.1 Å². The minimum atomic E-state index is -0.368. The fourth-order valence-electron chi connectivity index (χ4n) is 0.242. The van der Waals surface area contributed by atoms with Gasteiger partial charge in [0.1, 0.15) is 0 Å². The third kappa shape index (κ3) is 0.683. The summed E-state index contributed by atoms with van der Waals surface area (Å²) in [5.41, 5.74) is 1.72. The van der Waals surface area contributed by atoms with Crippen LogP contribution in [0.2, 0.25) is 0 Å². The van der Waals surface area contributed by atoms with Gasteiger partial charge in [-0.3, -0.25) is 5.21 Å². The molecule has 0 aromatic heterocycles. The molecule has 0 bridgehead atoms. The van der Waals surface area contributed by atoms with E-state index in [1.165, 1.54) is 0 Å². The van der Waals surface area contributed by atoms with Gasteiger partial charge >= 0.3 is 0 Å². The van der Waals surface area contributed by atoms with Crippen LogP contribution in [0.1, 0.15) is 0 Å². The summed E-state index contributed by atoms with van der Waals surface area (Å²) in [7, 11) is 0. The van der Waals surface area contributed by atoms with E-state index in [1.54, 1.807) is 5.53 Å². The van der Waals surface area contributed by atoms with Gasteiger partial charge in [0.05, 0.1) is 5.34 Å². The van der Waals surface area contributed by atoms with Crippen LogP contribution in [0, 0.1) is 0 Å². The third-order valence-corrected chi connectivity index (χ3v) is 0.792. The molecule has 0 aromatic carbocycles. The summed E-state index contributed by atoms with van der Waals surface area (Å²) in [6.07, 6.45) is 0. The minimum Gasteiger partial charge on any atom is -0.267 e. The fraction of sp³-hybridized carbons (Fsp3) is 0. The molecule has 0 aliphatic carbocycles. The Morgan fingerprint density at radius 2 is 2.50 bits per heavy atom. The van der Waals surface area contributed by atoms with Gasteiger partial charge in [0.25, 0.3) is 5.29 Å². The summed E-state index contributed by atoms with van der Waals surface area (Å²) in [5, 5.41) is 10.8. The summed E-state index contributed by atoms with van der Waals surface area (Å²) in [6, 6.07) is 0. The molecular formula is CH2ClFN4O. The molecule has 0 saturated carbocycles. The van der Waals surface area contributed by atoms with E-state index in [1.807, 2.05) is 0 Å². The Morgan fingerprint density at radius 3 is 2.62 bits per heavy atom. The lowest BCUT2D eigenvalue weighted by molar-refractivity contribution is -0.287. The zero-order chi connectivity index (χ0) is 6.15.